The highest BCUT2D eigenvalue weighted by molar-refractivity contribution is 6.31. The number of aromatic nitrogens is 1. The van der Waals surface area contributed by atoms with E-state index in [-0.39, 0.29) is 11.6 Å². The number of rotatable bonds is 4. The number of pyridine rings is 1. The van der Waals surface area contributed by atoms with Crippen LogP contribution in [-0.2, 0) is 11.3 Å². The molecule has 2 rings (SSSR count). The van der Waals surface area contributed by atoms with Crippen LogP contribution in [0.4, 0.5) is 0 Å². The Morgan fingerprint density at radius 1 is 1.23 bits per heavy atom. The Bertz CT molecular complexity index is 686. The van der Waals surface area contributed by atoms with E-state index in [2.05, 4.69) is 9.72 Å². The number of hydrogen-bond donors (Lipinski definition) is 0. The molecule has 0 saturated heterocycles. The zero-order chi connectivity index (χ0) is 16.1. The van der Waals surface area contributed by atoms with Crippen molar-refractivity contribution in [3.63, 3.8) is 0 Å². The molecular formula is C16H15ClN2O3. The van der Waals surface area contributed by atoms with Crippen LogP contribution in [0.3, 0.4) is 0 Å². The molecule has 0 saturated carbocycles. The third kappa shape index (κ3) is 3.62. The number of esters is 1. The van der Waals surface area contributed by atoms with E-state index >= 15 is 0 Å². The summed E-state index contributed by atoms with van der Waals surface area (Å²) < 4.78 is 4.59. The molecule has 0 unspecified atom stereocenters. The smallest absolute Gasteiger partial charge is 0.339 e. The van der Waals surface area contributed by atoms with E-state index in [1.165, 1.54) is 30.3 Å². The highest BCUT2D eigenvalue weighted by Crippen LogP contribution is 2.17. The molecule has 0 radical (unpaired) electrons. The third-order valence-corrected chi connectivity index (χ3v) is 3.48. The number of ether oxygens (including phenoxy) is 1. The maximum absolute atomic E-state index is 12.3. The van der Waals surface area contributed by atoms with Crippen molar-refractivity contribution in [2.75, 3.05) is 14.2 Å². The monoisotopic (exact) mass is 318 g/mol. The van der Waals surface area contributed by atoms with Gasteiger partial charge in [0.2, 0.25) is 0 Å². The maximum atomic E-state index is 12.3. The van der Waals surface area contributed by atoms with Crippen LogP contribution in [-0.4, -0.2) is 35.9 Å². The van der Waals surface area contributed by atoms with E-state index in [9.17, 15) is 9.59 Å². The van der Waals surface area contributed by atoms with Gasteiger partial charge in [-0.05, 0) is 23.8 Å². The van der Waals surface area contributed by atoms with E-state index in [0.29, 0.717) is 17.1 Å². The number of carbonyl (C=O) groups is 2. The summed E-state index contributed by atoms with van der Waals surface area (Å²) in [5.74, 6) is -0.743. The summed E-state index contributed by atoms with van der Waals surface area (Å²) in [4.78, 5) is 29.2. The average molecular weight is 319 g/mol. The van der Waals surface area contributed by atoms with Crippen LogP contribution in [0.2, 0.25) is 5.02 Å². The van der Waals surface area contributed by atoms with Gasteiger partial charge in [0.05, 0.1) is 12.7 Å². The molecule has 1 amide bonds. The van der Waals surface area contributed by atoms with E-state index in [1.807, 2.05) is 18.2 Å². The number of hydrogen-bond acceptors (Lipinski definition) is 4. The van der Waals surface area contributed by atoms with Crippen LogP contribution in [0.5, 0.6) is 0 Å². The molecule has 0 N–H and O–H groups in total. The lowest BCUT2D eigenvalue weighted by atomic mass is 10.2. The summed E-state index contributed by atoms with van der Waals surface area (Å²) in [5, 5.41) is 0.608. The van der Waals surface area contributed by atoms with E-state index in [1.54, 1.807) is 13.1 Å². The summed E-state index contributed by atoms with van der Waals surface area (Å²) in [5.41, 5.74) is 1.40. The van der Waals surface area contributed by atoms with Gasteiger partial charge in [-0.2, -0.15) is 0 Å². The van der Waals surface area contributed by atoms with Crippen molar-refractivity contribution >= 4 is 23.5 Å². The minimum Gasteiger partial charge on any atom is -0.465 e. The molecule has 0 bridgehead atoms. The molecule has 0 fully saturated rings. The molecule has 1 aromatic carbocycles. The van der Waals surface area contributed by atoms with Gasteiger partial charge in [-0.15, -0.1) is 0 Å². The van der Waals surface area contributed by atoms with E-state index in [0.717, 1.165) is 5.56 Å². The first kappa shape index (κ1) is 16.0. The van der Waals surface area contributed by atoms with Crippen molar-refractivity contribution in [1.29, 1.82) is 0 Å². The largest absolute Gasteiger partial charge is 0.465 e. The summed E-state index contributed by atoms with van der Waals surface area (Å²) in [6, 6.07) is 10.3. The summed E-state index contributed by atoms with van der Waals surface area (Å²) in [6.07, 6.45) is 1.32. The Balaban J connectivity index is 2.10. The molecule has 5 nitrogen and oxygen atoms in total. The Hall–Kier alpha value is -2.40. The molecule has 6 heteroatoms. The second-order valence-corrected chi connectivity index (χ2v) is 5.08. The first-order valence-corrected chi connectivity index (χ1v) is 6.94. The molecule has 0 aliphatic rings. The highest BCUT2D eigenvalue weighted by Gasteiger charge is 2.15. The molecule has 1 heterocycles. The van der Waals surface area contributed by atoms with Crippen molar-refractivity contribution in [2.24, 2.45) is 0 Å². The van der Waals surface area contributed by atoms with Crippen molar-refractivity contribution in [3.05, 3.63) is 64.4 Å². The number of amides is 1. The average Bonchev–Trinajstić information content (AvgIpc) is 2.55. The van der Waals surface area contributed by atoms with Gasteiger partial charge < -0.3 is 9.64 Å². The van der Waals surface area contributed by atoms with Crippen LogP contribution in [0.1, 0.15) is 26.4 Å². The fourth-order valence-electron chi connectivity index (χ4n) is 1.91. The van der Waals surface area contributed by atoms with Gasteiger partial charge in [0.1, 0.15) is 5.69 Å². The van der Waals surface area contributed by atoms with Gasteiger partial charge in [0.25, 0.3) is 5.91 Å². The zero-order valence-electron chi connectivity index (χ0n) is 12.2. The Kier molecular flexibility index (Phi) is 5.12. The lowest BCUT2D eigenvalue weighted by molar-refractivity contribution is 0.0599. The molecule has 22 heavy (non-hydrogen) atoms. The van der Waals surface area contributed by atoms with Gasteiger partial charge >= 0.3 is 5.97 Å². The fourth-order valence-corrected chi connectivity index (χ4v) is 2.10. The lowest BCUT2D eigenvalue weighted by Gasteiger charge is -2.17. The number of carbonyl (C=O) groups excluding carboxylic acids is 2. The van der Waals surface area contributed by atoms with Gasteiger partial charge in [0, 0.05) is 24.8 Å². The van der Waals surface area contributed by atoms with Crippen LogP contribution < -0.4 is 0 Å². The predicted octanol–water partition coefficient (Wildman–Crippen LogP) is 2.79. The van der Waals surface area contributed by atoms with Crippen LogP contribution >= 0.6 is 11.6 Å². The Labute approximate surface area is 133 Å². The number of nitrogens with zero attached hydrogens (tertiary/aromatic N) is 2. The van der Waals surface area contributed by atoms with Crippen molar-refractivity contribution in [2.45, 2.75) is 6.54 Å². The van der Waals surface area contributed by atoms with Crippen LogP contribution in [0, 0.1) is 0 Å². The topological polar surface area (TPSA) is 59.5 Å². The van der Waals surface area contributed by atoms with Crippen LogP contribution in [0.25, 0.3) is 0 Å². The first-order chi connectivity index (χ1) is 10.5. The molecule has 114 valence electrons. The predicted molar refractivity (Wildman–Crippen MR) is 82.8 cm³/mol. The van der Waals surface area contributed by atoms with Gasteiger partial charge in [-0.25, -0.2) is 4.79 Å². The standard InChI is InChI=1S/C16H15ClN2O3/c1-19(10-12-5-3-4-6-13(12)17)15(20)14-8-7-11(9-18-14)16(21)22-2/h3-9H,10H2,1-2H3. The normalized spacial score (nSPS) is 10.1. The van der Waals surface area contributed by atoms with Gasteiger partial charge in [0.15, 0.2) is 0 Å². The SMILES string of the molecule is COC(=O)c1ccc(C(=O)N(C)Cc2ccccc2Cl)nc1. The minimum absolute atomic E-state index is 0.252. The summed E-state index contributed by atoms with van der Waals surface area (Å²) in [6.45, 7) is 0.374. The number of halogens is 1. The third-order valence-electron chi connectivity index (χ3n) is 3.12. The second kappa shape index (κ2) is 7.04. The van der Waals surface area contributed by atoms with Gasteiger partial charge in [-0.1, -0.05) is 29.8 Å². The van der Waals surface area contributed by atoms with Crippen LogP contribution in [0.15, 0.2) is 42.6 Å². The highest BCUT2D eigenvalue weighted by atomic mass is 35.5. The molecule has 1 aromatic heterocycles. The molecule has 0 aliphatic carbocycles. The fraction of sp³-hybridized carbons (Fsp3) is 0.188. The maximum Gasteiger partial charge on any atom is 0.339 e. The Morgan fingerprint density at radius 2 is 1.95 bits per heavy atom. The summed E-state index contributed by atoms with van der Waals surface area (Å²) >= 11 is 6.09. The molecule has 0 spiro atoms. The van der Waals surface area contributed by atoms with E-state index in [4.69, 9.17) is 11.6 Å². The number of benzene rings is 1. The molecule has 2 aromatic rings. The molecule has 0 atom stereocenters. The number of methoxy groups -OCH3 is 1. The van der Waals surface area contributed by atoms with Gasteiger partial charge in [-0.3, -0.25) is 9.78 Å². The second-order valence-electron chi connectivity index (χ2n) is 4.68. The van der Waals surface area contributed by atoms with E-state index < -0.39 is 5.97 Å². The Morgan fingerprint density at radius 3 is 2.55 bits per heavy atom. The van der Waals surface area contributed by atoms with Crippen molar-refractivity contribution in [3.8, 4) is 0 Å². The zero-order valence-corrected chi connectivity index (χ0v) is 13.0. The van der Waals surface area contributed by atoms with Crippen molar-refractivity contribution in [1.82, 2.24) is 9.88 Å². The lowest BCUT2D eigenvalue weighted by Crippen LogP contribution is -2.27. The first-order valence-electron chi connectivity index (χ1n) is 6.56. The quantitative estimate of drug-likeness (QED) is 0.813. The molecular weight excluding hydrogens is 304 g/mol. The summed E-state index contributed by atoms with van der Waals surface area (Å²) in [7, 11) is 2.96. The minimum atomic E-state index is -0.490. The van der Waals surface area contributed by atoms with Crippen molar-refractivity contribution < 1.29 is 14.3 Å². The molecule has 0 aliphatic heterocycles.